The average Bonchev–Trinajstić information content (AvgIpc) is 3.04. The van der Waals surface area contributed by atoms with E-state index < -0.39 is 14.8 Å². The third-order valence-corrected chi connectivity index (χ3v) is 6.45. The molecule has 0 atom stereocenters. The maximum Gasteiger partial charge on any atom is 0.284 e. The summed E-state index contributed by atoms with van der Waals surface area (Å²) in [7, 11) is -3.55. The number of pyridine rings is 1. The van der Waals surface area contributed by atoms with Gasteiger partial charge in [-0.15, -0.1) is 10.2 Å². The van der Waals surface area contributed by atoms with E-state index in [1.165, 1.54) is 12.1 Å². The summed E-state index contributed by atoms with van der Waals surface area (Å²) in [6.07, 6.45) is 1.01. The smallest absolute Gasteiger partial charge is 0.270 e. The molecule has 10 heteroatoms. The van der Waals surface area contributed by atoms with Crippen LogP contribution in [0.2, 0.25) is 0 Å². The Hall–Kier alpha value is -2.98. The third kappa shape index (κ3) is 3.10. The lowest BCUT2D eigenvalue weighted by Crippen LogP contribution is -2.00. The first-order chi connectivity index (χ1) is 13.3. The van der Waals surface area contributed by atoms with Crippen molar-refractivity contribution >= 4 is 43.8 Å². The average molecular weight is 414 g/mol. The highest BCUT2D eigenvalue weighted by Crippen LogP contribution is 2.36. The Morgan fingerprint density at radius 3 is 2.57 bits per heavy atom. The van der Waals surface area contributed by atoms with Crippen molar-refractivity contribution in [3.63, 3.8) is 0 Å². The fourth-order valence-electron chi connectivity index (χ4n) is 3.00. The standard InChI is InChI=1S/C18H14N4O4S2/c1-11-9-17-19-20-18(21(17)14-6-4-3-5-13(11)14)27-16-8-7-12(28(2,25)26)10-15(16)22(23)24/h3-10H,1-2H3. The van der Waals surface area contributed by atoms with Crippen LogP contribution in [0.1, 0.15) is 5.56 Å². The minimum absolute atomic E-state index is 0.101. The van der Waals surface area contributed by atoms with Gasteiger partial charge >= 0.3 is 0 Å². The normalized spacial score (nSPS) is 11.9. The Kier molecular flexibility index (Phi) is 4.31. The molecule has 4 aromatic rings. The van der Waals surface area contributed by atoms with E-state index in [1.54, 1.807) is 0 Å². The second-order valence-electron chi connectivity index (χ2n) is 6.28. The number of para-hydroxylation sites is 1. The fourth-order valence-corrected chi connectivity index (χ4v) is 4.57. The van der Waals surface area contributed by atoms with Crippen molar-refractivity contribution in [2.24, 2.45) is 0 Å². The molecule has 0 saturated carbocycles. The molecule has 0 spiro atoms. The predicted octanol–water partition coefficient (Wildman–Crippen LogP) is 3.65. The molecule has 2 aromatic carbocycles. The van der Waals surface area contributed by atoms with Gasteiger partial charge in [0, 0.05) is 17.7 Å². The van der Waals surface area contributed by atoms with Crippen molar-refractivity contribution in [1.29, 1.82) is 0 Å². The van der Waals surface area contributed by atoms with E-state index in [-0.39, 0.29) is 15.5 Å². The predicted molar refractivity (Wildman–Crippen MR) is 106 cm³/mol. The first kappa shape index (κ1) is 18.4. The lowest BCUT2D eigenvalue weighted by molar-refractivity contribution is -0.388. The SMILES string of the molecule is Cc1cc2nnc(Sc3ccc(S(C)(=O)=O)cc3[N+](=O)[O-])n2c2ccccc12. The molecular weight excluding hydrogens is 400 g/mol. The Labute approximate surface area is 164 Å². The summed E-state index contributed by atoms with van der Waals surface area (Å²) in [5.74, 6) is 0. The van der Waals surface area contributed by atoms with Gasteiger partial charge in [-0.05, 0) is 48.5 Å². The number of hydrogen-bond donors (Lipinski definition) is 0. The molecule has 0 bridgehead atoms. The minimum atomic E-state index is -3.55. The summed E-state index contributed by atoms with van der Waals surface area (Å²) in [4.78, 5) is 11.1. The zero-order chi connectivity index (χ0) is 20.1. The second kappa shape index (κ2) is 6.57. The molecule has 0 radical (unpaired) electrons. The maximum atomic E-state index is 11.7. The Bertz CT molecular complexity index is 1360. The monoisotopic (exact) mass is 414 g/mol. The highest BCUT2D eigenvalue weighted by atomic mass is 32.2. The van der Waals surface area contributed by atoms with Crippen LogP contribution < -0.4 is 0 Å². The molecule has 0 aliphatic rings. The molecule has 142 valence electrons. The molecule has 0 aliphatic heterocycles. The molecule has 0 saturated heterocycles. The number of hydrogen-bond acceptors (Lipinski definition) is 7. The third-order valence-electron chi connectivity index (χ3n) is 4.33. The van der Waals surface area contributed by atoms with Crippen LogP contribution in [0.4, 0.5) is 5.69 Å². The zero-order valence-electron chi connectivity index (χ0n) is 14.9. The molecule has 2 aromatic heterocycles. The van der Waals surface area contributed by atoms with Crippen LogP contribution in [0.15, 0.2) is 63.5 Å². The number of benzene rings is 2. The number of aromatic nitrogens is 3. The lowest BCUT2D eigenvalue weighted by atomic mass is 10.1. The van der Waals surface area contributed by atoms with E-state index >= 15 is 0 Å². The van der Waals surface area contributed by atoms with E-state index in [4.69, 9.17) is 0 Å². The summed E-state index contributed by atoms with van der Waals surface area (Å²) < 4.78 is 25.3. The van der Waals surface area contributed by atoms with E-state index in [1.807, 2.05) is 41.7 Å². The number of nitrogens with zero attached hydrogens (tertiary/aromatic N) is 4. The van der Waals surface area contributed by atoms with Crippen molar-refractivity contribution in [2.75, 3.05) is 6.26 Å². The van der Waals surface area contributed by atoms with Crippen LogP contribution in [0.3, 0.4) is 0 Å². The van der Waals surface area contributed by atoms with Gasteiger partial charge in [0.2, 0.25) is 5.16 Å². The van der Waals surface area contributed by atoms with E-state index in [0.717, 1.165) is 40.6 Å². The Morgan fingerprint density at radius 2 is 1.86 bits per heavy atom. The number of sulfone groups is 1. The molecule has 0 unspecified atom stereocenters. The van der Waals surface area contributed by atoms with Gasteiger partial charge < -0.3 is 0 Å². The number of nitro groups is 1. The summed E-state index contributed by atoms with van der Waals surface area (Å²) in [6.45, 7) is 1.98. The molecule has 0 amide bonds. The van der Waals surface area contributed by atoms with Crippen LogP contribution in [0.25, 0.3) is 16.6 Å². The van der Waals surface area contributed by atoms with Gasteiger partial charge in [-0.1, -0.05) is 18.2 Å². The quantitative estimate of drug-likeness (QED) is 0.370. The van der Waals surface area contributed by atoms with Crippen molar-refractivity contribution in [3.8, 4) is 0 Å². The van der Waals surface area contributed by atoms with Crippen LogP contribution in [-0.4, -0.2) is 34.2 Å². The van der Waals surface area contributed by atoms with Gasteiger partial charge in [0.1, 0.15) is 0 Å². The van der Waals surface area contributed by atoms with Crippen molar-refractivity contribution in [1.82, 2.24) is 14.6 Å². The zero-order valence-corrected chi connectivity index (χ0v) is 16.5. The Balaban J connectivity index is 1.90. The number of aryl methyl sites for hydroxylation is 1. The molecule has 4 rings (SSSR count). The highest BCUT2D eigenvalue weighted by Gasteiger charge is 2.22. The highest BCUT2D eigenvalue weighted by molar-refractivity contribution is 7.99. The summed E-state index contributed by atoms with van der Waals surface area (Å²) in [5.41, 5.74) is 2.28. The summed E-state index contributed by atoms with van der Waals surface area (Å²) >= 11 is 1.07. The minimum Gasteiger partial charge on any atom is -0.270 e. The van der Waals surface area contributed by atoms with Gasteiger partial charge in [0.05, 0.1) is 20.2 Å². The van der Waals surface area contributed by atoms with Gasteiger partial charge in [-0.25, -0.2) is 8.42 Å². The van der Waals surface area contributed by atoms with E-state index in [9.17, 15) is 18.5 Å². The van der Waals surface area contributed by atoms with Gasteiger partial charge in [-0.2, -0.15) is 0 Å². The van der Waals surface area contributed by atoms with E-state index in [0.29, 0.717) is 10.8 Å². The topological polar surface area (TPSA) is 107 Å². The second-order valence-corrected chi connectivity index (χ2v) is 9.31. The largest absolute Gasteiger partial charge is 0.284 e. The first-order valence-corrected chi connectivity index (χ1v) is 10.9. The molecule has 2 heterocycles. The molecule has 28 heavy (non-hydrogen) atoms. The van der Waals surface area contributed by atoms with Crippen LogP contribution in [0, 0.1) is 17.0 Å². The van der Waals surface area contributed by atoms with Crippen molar-refractivity contribution < 1.29 is 13.3 Å². The maximum absolute atomic E-state index is 11.7. The molecule has 0 aliphatic carbocycles. The van der Waals surface area contributed by atoms with Crippen molar-refractivity contribution in [3.05, 3.63) is 64.2 Å². The van der Waals surface area contributed by atoms with E-state index in [2.05, 4.69) is 10.2 Å². The Morgan fingerprint density at radius 1 is 1.11 bits per heavy atom. The molecule has 8 nitrogen and oxygen atoms in total. The lowest BCUT2D eigenvalue weighted by Gasteiger charge is -2.08. The van der Waals surface area contributed by atoms with Crippen LogP contribution >= 0.6 is 11.8 Å². The first-order valence-electron chi connectivity index (χ1n) is 8.15. The van der Waals surface area contributed by atoms with Crippen LogP contribution in [-0.2, 0) is 9.84 Å². The number of rotatable bonds is 4. The molecular formula is C18H14N4O4S2. The fraction of sp³-hybridized carbons (Fsp3) is 0.111. The van der Waals surface area contributed by atoms with Gasteiger partial charge in [-0.3, -0.25) is 14.5 Å². The van der Waals surface area contributed by atoms with Crippen LogP contribution in [0.5, 0.6) is 0 Å². The summed E-state index contributed by atoms with van der Waals surface area (Å²) in [5, 5.41) is 21.4. The number of nitro benzene ring substituents is 1. The molecule has 0 fully saturated rings. The number of fused-ring (bicyclic) bond motifs is 3. The van der Waals surface area contributed by atoms with Gasteiger partial charge in [0.15, 0.2) is 15.5 Å². The van der Waals surface area contributed by atoms with Crippen molar-refractivity contribution in [2.45, 2.75) is 21.9 Å². The van der Waals surface area contributed by atoms with Gasteiger partial charge in [0.25, 0.3) is 5.69 Å². The molecule has 0 N–H and O–H groups in total. The summed E-state index contributed by atoms with van der Waals surface area (Å²) in [6, 6.07) is 13.5.